The molecule has 0 fully saturated rings. The molecule has 0 aliphatic carbocycles. The van der Waals surface area contributed by atoms with Crippen LogP contribution in [0.1, 0.15) is 17.0 Å². The first-order chi connectivity index (χ1) is 19.8. The number of rotatable bonds is 7. The van der Waals surface area contributed by atoms with E-state index >= 15 is 0 Å². The van der Waals surface area contributed by atoms with E-state index in [0.717, 1.165) is 50.4 Å². The summed E-state index contributed by atoms with van der Waals surface area (Å²) in [7, 11) is 0. The van der Waals surface area contributed by atoms with E-state index in [0.29, 0.717) is 12.4 Å². The van der Waals surface area contributed by atoms with Crippen LogP contribution in [0.5, 0.6) is 5.75 Å². The van der Waals surface area contributed by atoms with E-state index in [9.17, 15) is 0 Å². The molecular weight excluding hydrogens is 494 g/mol. The van der Waals surface area contributed by atoms with Crippen LogP contribution in [0.25, 0.3) is 39.1 Å². The number of hydrogen-bond donors (Lipinski definition) is 0. The van der Waals surface area contributed by atoms with Crippen molar-refractivity contribution in [2.45, 2.75) is 20.1 Å². The van der Waals surface area contributed by atoms with Crippen molar-refractivity contribution >= 4 is 16.7 Å². The SMILES string of the molecule is Cc1ccccc1OCc1nc2c3c(-c4ccccc4)c(-c4ccccc4)n(Cc4ccccc4)c3ncn2n1. The molecule has 0 N–H and O–H groups in total. The van der Waals surface area contributed by atoms with E-state index < -0.39 is 0 Å². The summed E-state index contributed by atoms with van der Waals surface area (Å²) in [4.78, 5) is 9.97. The Kier molecular flexibility index (Phi) is 6.05. The Balaban J connectivity index is 1.47. The lowest BCUT2D eigenvalue weighted by atomic mass is 9.99. The Morgan fingerprint density at radius 2 is 1.35 bits per heavy atom. The molecule has 0 saturated heterocycles. The van der Waals surface area contributed by atoms with E-state index in [1.807, 2.05) is 49.4 Å². The second kappa shape index (κ2) is 10.2. The molecule has 7 aromatic rings. The molecule has 0 aliphatic rings. The second-order valence-corrected chi connectivity index (χ2v) is 9.82. The van der Waals surface area contributed by atoms with Crippen molar-refractivity contribution in [2.24, 2.45) is 0 Å². The Bertz CT molecular complexity index is 1930. The van der Waals surface area contributed by atoms with E-state index in [1.165, 1.54) is 5.56 Å². The minimum atomic E-state index is 0.269. The molecular formula is C34H27N5O. The van der Waals surface area contributed by atoms with Crippen molar-refractivity contribution in [3.8, 4) is 28.1 Å². The topological polar surface area (TPSA) is 57.2 Å². The number of ether oxygens (including phenoxy) is 1. The Hall–Kier alpha value is -5.23. The van der Waals surface area contributed by atoms with E-state index in [2.05, 4.69) is 77.4 Å². The summed E-state index contributed by atoms with van der Waals surface area (Å²) in [6.45, 7) is 2.98. The van der Waals surface area contributed by atoms with Crippen LogP contribution in [0.2, 0.25) is 0 Å². The maximum absolute atomic E-state index is 6.09. The molecule has 6 heteroatoms. The van der Waals surface area contributed by atoms with Crippen LogP contribution in [0.4, 0.5) is 0 Å². The first-order valence-corrected chi connectivity index (χ1v) is 13.4. The average molecular weight is 522 g/mol. The van der Waals surface area contributed by atoms with Gasteiger partial charge in [0.15, 0.2) is 11.5 Å². The van der Waals surface area contributed by atoms with E-state index in [1.54, 1.807) is 10.8 Å². The van der Waals surface area contributed by atoms with Crippen LogP contribution in [0.15, 0.2) is 122 Å². The van der Waals surface area contributed by atoms with Crippen molar-refractivity contribution in [3.63, 3.8) is 0 Å². The third-order valence-electron chi connectivity index (χ3n) is 7.17. The standard InChI is InChI=1S/C34H27N5O/c1-24-13-11-12-20-28(24)40-22-29-36-34-31-30(26-16-7-3-8-17-26)32(27-18-9-4-10-19-27)38(21-25-14-5-2-6-15-25)33(31)35-23-39(34)37-29/h2-20,23H,21-22H2,1H3. The third kappa shape index (κ3) is 4.29. The number of para-hydroxylation sites is 1. The molecule has 0 spiro atoms. The van der Waals surface area contributed by atoms with Gasteiger partial charge in [-0.05, 0) is 35.2 Å². The highest BCUT2D eigenvalue weighted by Crippen LogP contribution is 2.42. The number of aryl methyl sites for hydroxylation is 1. The zero-order valence-electron chi connectivity index (χ0n) is 22.1. The van der Waals surface area contributed by atoms with Crippen LogP contribution >= 0.6 is 0 Å². The molecule has 0 radical (unpaired) electrons. The quantitative estimate of drug-likeness (QED) is 0.220. The monoisotopic (exact) mass is 521 g/mol. The van der Waals surface area contributed by atoms with Gasteiger partial charge in [-0.15, -0.1) is 5.10 Å². The molecule has 0 atom stereocenters. The highest BCUT2D eigenvalue weighted by Gasteiger charge is 2.25. The van der Waals surface area contributed by atoms with Crippen LogP contribution in [0, 0.1) is 6.92 Å². The number of hydrogen-bond acceptors (Lipinski definition) is 4. The van der Waals surface area contributed by atoms with Gasteiger partial charge in [0.2, 0.25) is 0 Å². The fourth-order valence-corrected chi connectivity index (χ4v) is 5.30. The fourth-order valence-electron chi connectivity index (χ4n) is 5.30. The molecule has 4 aromatic carbocycles. The Morgan fingerprint density at radius 3 is 2.08 bits per heavy atom. The zero-order valence-corrected chi connectivity index (χ0v) is 22.1. The molecule has 194 valence electrons. The van der Waals surface area contributed by atoms with Gasteiger partial charge in [0.05, 0.1) is 11.1 Å². The number of benzene rings is 4. The highest BCUT2D eigenvalue weighted by molar-refractivity contribution is 6.09. The summed E-state index contributed by atoms with van der Waals surface area (Å²) in [5.41, 5.74) is 8.33. The molecule has 3 aromatic heterocycles. The predicted octanol–water partition coefficient (Wildman–Crippen LogP) is 7.35. The molecule has 7 rings (SSSR count). The summed E-state index contributed by atoms with van der Waals surface area (Å²) in [6.07, 6.45) is 1.76. The molecule has 0 amide bonds. The number of nitrogens with zero attached hydrogens (tertiary/aromatic N) is 5. The van der Waals surface area contributed by atoms with Crippen molar-refractivity contribution < 1.29 is 4.74 Å². The number of fused-ring (bicyclic) bond motifs is 3. The fraction of sp³-hybridized carbons (Fsp3) is 0.0882. The van der Waals surface area contributed by atoms with Crippen LogP contribution in [-0.4, -0.2) is 24.1 Å². The van der Waals surface area contributed by atoms with Crippen LogP contribution in [-0.2, 0) is 13.2 Å². The summed E-state index contributed by atoms with van der Waals surface area (Å²) in [6, 6.07) is 39.5. The van der Waals surface area contributed by atoms with Gasteiger partial charge in [0, 0.05) is 12.1 Å². The molecule has 3 heterocycles. The molecule has 0 bridgehead atoms. The number of aromatic nitrogens is 5. The third-order valence-corrected chi connectivity index (χ3v) is 7.17. The van der Waals surface area contributed by atoms with Gasteiger partial charge in [0.1, 0.15) is 24.3 Å². The molecule has 0 unspecified atom stereocenters. The second-order valence-electron chi connectivity index (χ2n) is 9.82. The van der Waals surface area contributed by atoms with Gasteiger partial charge in [-0.3, -0.25) is 0 Å². The molecule has 40 heavy (non-hydrogen) atoms. The van der Waals surface area contributed by atoms with Gasteiger partial charge >= 0.3 is 0 Å². The van der Waals surface area contributed by atoms with Gasteiger partial charge in [0.25, 0.3) is 0 Å². The minimum Gasteiger partial charge on any atom is -0.485 e. The minimum absolute atomic E-state index is 0.269. The smallest absolute Gasteiger partial charge is 0.189 e. The first kappa shape index (κ1) is 23.9. The first-order valence-electron chi connectivity index (χ1n) is 13.4. The summed E-state index contributed by atoms with van der Waals surface area (Å²) >= 11 is 0. The maximum Gasteiger partial charge on any atom is 0.189 e. The van der Waals surface area contributed by atoms with Crippen molar-refractivity contribution in [1.29, 1.82) is 0 Å². The molecule has 0 aliphatic heterocycles. The lowest BCUT2D eigenvalue weighted by Crippen LogP contribution is -2.03. The largest absolute Gasteiger partial charge is 0.485 e. The average Bonchev–Trinajstić information content (AvgIpc) is 3.57. The van der Waals surface area contributed by atoms with Gasteiger partial charge < -0.3 is 9.30 Å². The van der Waals surface area contributed by atoms with Gasteiger partial charge in [-0.25, -0.2) is 14.5 Å². The predicted molar refractivity (Wildman–Crippen MR) is 158 cm³/mol. The summed E-state index contributed by atoms with van der Waals surface area (Å²) < 4.78 is 10.2. The molecule has 6 nitrogen and oxygen atoms in total. The van der Waals surface area contributed by atoms with Crippen LogP contribution in [0.3, 0.4) is 0 Å². The normalized spacial score (nSPS) is 11.3. The Labute approximate surface area is 232 Å². The van der Waals surface area contributed by atoms with Crippen molar-refractivity contribution in [3.05, 3.63) is 139 Å². The Morgan fingerprint density at radius 1 is 0.700 bits per heavy atom. The van der Waals surface area contributed by atoms with Crippen molar-refractivity contribution in [2.75, 3.05) is 0 Å². The van der Waals surface area contributed by atoms with Gasteiger partial charge in [-0.1, -0.05) is 109 Å². The highest BCUT2D eigenvalue weighted by atomic mass is 16.5. The van der Waals surface area contributed by atoms with Crippen LogP contribution < -0.4 is 4.74 Å². The molecule has 0 saturated carbocycles. The maximum atomic E-state index is 6.09. The van der Waals surface area contributed by atoms with Gasteiger partial charge in [-0.2, -0.15) is 0 Å². The zero-order chi connectivity index (χ0) is 26.9. The van der Waals surface area contributed by atoms with E-state index in [4.69, 9.17) is 19.8 Å². The van der Waals surface area contributed by atoms with E-state index in [-0.39, 0.29) is 6.61 Å². The lowest BCUT2D eigenvalue weighted by molar-refractivity contribution is 0.294. The summed E-state index contributed by atoms with van der Waals surface area (Å²) in [5, 5.41) is 5.72. The summed E-state index contributed by atoms with van der Waals surface area (Å²) in [5.74, 6) is 1.43. The lowest BCUT2D eigenvalue weighted by Gasteiger charge is -2.13. The van der Waals surface area contributed by atoms with Crippen molar-refractivity contribution in [1.82, 2.24) is 24.1 Å².